The van der Waals surface area contributed by atoms with E-state index in [1.54, 1.807) is 0 Å². The minimum atomic E-state index is 0.284. The van der Waals surface area contributed by atoms with Crippen molar-refractivity contribution in [2.75, 3.05) is 6.54 Å². The van der Waals surface area contributed by atoms with Gasteiger partial charge in [-0.3, -0.25) is 0 Å². The molecule has 1 atom stereocenters. The zero-order chi connectivity index (χ0) is 11.9. The number of nitriles is 1. The number of nitrogens with zero attached hydrogens (tertiary/aromatic N) is 2. The first-order valence-electron chi connectivity index (χ1n) is 6.03. The summed E-state index contributed by atoms with van der Waals surface area (Å²) in [4.78, 5) is 2.48. The van der Waals surface area contributed by atoms with Gasteiger partial charge in [0.25, 0.3) is 0 Å². The Balaban J connectivity index is 2.36. The quantitative estimate of drug-likeness (QED) is 0.673. The molecule has 1 aliphatic carbocycles. The van der Waals surface area contributed by atoms with Gasteiger partial charge in [0.1, 0.15) is 0 Å². The molecule has 0 aromatic heterocycles. The van der Waals surface area contributed by atoms with E-state index < -0.39 is 0 Å². The maximum absolute atomic E-state index is 9.00. The van der Waals surface area contributed by atoms with Crippen LogP contribution in [0.4, 0.5) is 0 Å². The van der Waals surface area contributed by atoms with Gasteiger partial charge in [0.2, 0.25) is 0 Å². The van der Waals surface area contributed by atoms with Gasteiger partial charge < -0.3 is 4.90 Å². The van der Waals surface area contributed by atoms with Crippen LogP contribution in [0.2, 0.25) is 0 Å². The molecule has 2 nitrogen and oxygen atoms in total. The molecule has 0 amide bonds. The fourth-order valence-electron chi connectivity index (χ4n) is 2.87. The van der Waals surface area contributed by atoms with Crippen molar-refractivity contribution < 1.29 is 0 Å². The number of hydrogen-bond donors (Lipinski definition) is 0. The van der Waals surface area contributed by atoms with E-state index in [2.05, 4.69) is 44.7 Å². The molecule has 2 rings (SSSR count). The van der Waals surface area contributed by atoms with Crippen molar-refractivity contribution in [3.8, 4) is 6.07 Å². The summed E-state index contributed by atoms with van der Waals surface area (Å²) in [6.07, 6.45) is 5.06. The molecule has 0 saturated carbocycles. The fraction of sp³-hybridized carbons (Fsp3) is 0.643. The first kappa shape index (κ1) is 11.3. The summed E-state index contributed by atoms with van der Waals surface area (Å²) in [6, 6.07) is 2.85. The maximum atomic E-state index is 9.00. The van der Waals surface area contributed by atoms with Gasteiger partial charge in [-0.25, -0.2) is 0 Å². The summed E-state index contributed by atoms with van der Waals surface area (Å²) >= 11 is 0. The monoisotopic (exact) mass is 216 g/mol. The highest BCUT2D eigenvalue weighted by Gasteiger charge is 2.44. The van der Waals surface area contributed by atoms with Gasteiger partial charge in [0.05, 0.1) is 6.07 Å². The van der Waals surface area contributed by atoms with E-state index in [1.165, 1.54) is 5.70 Å². The number of rotatable bonds is 1. The van der Waals surface area contributed by atoms with Crippen molar-refractivity contribution in [2.24, 2.45) is 11.3 Å². The lowest BCUT2D eigenvalue weighted by molar-refractivity contribution is 0.249. The lowest BCUT2D eigenvalue weighted by atomic mass is 9.75. The second kappa shape index (κ2) is 3.66. The Morgan fingerprint density at radius 2 is 2.12 bits per heavy atom. The molecule has 0 aromatic carbocycles. The molecule has 0 bridgehead atoms. The molecule has 86 valence electrons. The summed E-state index contributed by atoms with van der Waals surface area (Å²) in [5.74, 6) is 0.523. The Morgan fingerprint density at radius 3 is 2.69 bits per heavy atom. The molecule has 2 heteroatoms. The number of hydrogen-bond acceptors (Lipinski definition) is 2. The molecule has 1 unspecified atom stereocenters. The van der Waals surface area contributed by atoms with Crippen molar-refractivity contribution >= 4 is 0 Å². The summed E-state index contributed by atoms with van der Waals surface area (Å²) in [6.45, 7) is 10.2. The Morgan fingerprint density at radius 1 is 1.44 bits per heavy atom. The highest BCUT2D eigenvalue weighted by atomic mass is 15.2. The second-order valence-corrected chi connectivity index (χ2v) is 5.86. The van der Waals surface area contributed by atoms with Gasteiger partial charge in [-0.1, -0.05) is 13.8 Å². The predicted molar refractivity (Wildman–Crippen MR) is 65.5 cm³/mol. The van der Waals surface area contributed by atoms with Crippen LogP contribution in [0.1, 0.15) is 34.1 Å². The van der Waals surface area contributed by atoms with Crippen LogP contribution >= 0.6 is 0 Å². The van der Waals surface area contributed by atoms with Crippen molar-refractivity contribution in [1.29, 1.82) is 5.26 Å². The summed E-state index contributed by atoms with van der Waals surface area (Å²) < 4.78 is 0. The molecule has 1 aliphatic heterocycles. The average molecular weight is 216 g/mol. The largest absolute Gasteiger partial charge is 0.372 e. The smallest absolute Gasteiger partial charge is 0.0947 e. The van der Waals surface area contributed by atoms with E-state index in [9.17, 15) is 0 Å². The van der Waals surface area contributed by atoms with Gasteiger partial charge in [-0.2, -0.15) is 5.26 Å². The van der Waals surface area contributed by atoms with Gasteiger partial charge in [-0.15, -0.1) is 0 Å². The van der Waals surface area contributed by atoms with Gasteiger partial charge in [0.15, 0.2) is 0 Å². The van der Waals surface area contributed by atoms with Crippen LogP contribution in [0.15, 0.2) is 23.4 Å². The van der Waals surface area contributed by atoms with E-state index in [0.29, 0.717) is 12.0 Å². The number of fused-ring (bicyclic) bond motifs is 1. The van der Waals surface area contributed by atoms with E-state index in [4.69, 9.17) is 5.26 Å². The second-order valence-electron chi connectivity index (χ2n) is 5.86. The van der Waals surface area contributed by atoms with Crippen LogP contribution in [-0.2, 0) is 0 Å². The Hall–Kier alpha value is -1.23. The Bertz CT molecular complexity index is 393. The van der Waals surface area contributed by atoms with Crippen molar-refractivity contribution in [2.45, 2.75) is 40.2 Å². The highest BCUT2D eigenvalue weighted by molar-refractivity contribution is 5.37. The summed E-state index contributed by atoms with van der Waals surface area (Å²) in [7, 11) is 0. The minimum Gasteiger partial charge on any atom is -0.372 e. The number of allylic oxidation sites excluding steroid dienone is 4. The molecule has 1 saturated heterocycles. The molecule has 0 radical (unpaired) electrons. The van der Waals surface area contributed by atoms with Crippen LogP contribution in [0.25, 0.3) is 0 Å². The van der Waals surface area contributed by atoms with Gasteiger partial charge in [-0.05, 0) is 37.8 Å². The summed E-state index contributed by atoms with van der Waals surface area (Å²) in [5.41, 5.74) is 2.64. The molecule has 0 N–H and O–H groups in total. The molecule has 2 aliphatic rings. The molecular formula is C14H20N2. The third kappa shape index (κ3) is 1.65. The average Bonchev–Trinajstić information content (AvgIpc) is 2.51. The topological polar surface area (TPSA) is 27.0 Å². The summed E-state index contributed by atoms with van der Waals surface area (Å²) in [5, 5.41) is 9.00. The van der Waals surface area contributed by atoms with E-state index in [1.807, 2.05) is 6.08 Å². The SMILES string of the molecule is CC(C)N1CC(C)(C)C2CC(C#N)=CC=C21. The normalized spacial score (nSPS) is 27.2. The third-order valence-corrected chi connectivity index (χ3v) is 3.86. The molecule has 0 aromatic rings. The number of likely N-dealkylation sites (tertiary alicyclic amines) is 1. The van der Waals surface area contributed by atoms with Crippen molar-refractivity contribution in [1.82, 2.24) is 4.90 Å². The van der Waals surface area contributed by atoms with Crippen LogP contribution in [0, 0.1) is 22.7 Å². The third-order valence-electron chi connectivity index (χ3n) is 3.86. The molecule has 1 heterocycles. The van der Waals surface area contributed by atoms with Crippen molar-refractivity contribution in [3.05, 3.63) is 23.4 Å². The molecule has 1 fully saturated rings. The Labute approximate surface area is 98.2 Å². The lowest BCUT2D eigenvalue weighted by Gasteiger charge is -2.28. The maximum Gasteiger partial charge on any atom is 0.0947 e. The molecular weight excluding hydrogens is 196 g/mol. The predicted octanol–water partition coefficient (Wildman–Crippen LogP) is 3.09. The van der Waals surface area contributed by atoms with E-state index in [0.717, 1.165) is 18.5 Å². The van der Waals surface area contributed by atoms with Crippen LogP contribution in [0.3, 0.4) is 0 Å². The molecule has 0 spiro atoms. The van der Waals surface area contributed by atoms with Crippen molar-refractivity contribution in [3.63, 3.8) is 0 Å². The van der Waals surface area contributed by atoms with E-state index >= 15 is 0 Å². The van der Waals surface area contributed by atoms with Crippen LogP contribution < -0.4 is 0 Å². The first-order valence-corrected chi connectivity index (χ1v) is 6.03. The van der Waals surface area contributed by atoms with Gasteiger partial charge in [0, 0.05) is 29.8 Å². The molecule has 16 heavy (non-hydrogen) atoms. The van der Waals surface area contributed by atoms with Crippen LogP contribution in [0.5, 0.6) is 0 Å². The standard InChI is InChI=1S/C14H20N2/c1-10(2)16-9-14(3,4)12-7-11(8-15)5-6-13(12)16/h5-6,10,12H,7,9H2,1-4H3. The van der Waals surface area contributed by atoms with E-state index in [-0.39, 0.29) is 5.41 Å². The zero-order valence-corrected chi connectivity index (χ0v) is 10.6. The zero-order valence-electron chi connectivity index (χ0n) is 10.6. The Kier molecular flexibility index (Phi) is 2.58. The lowest BCUT2D eigenvalue weighted by Crippen LogP contribution is -2.29. The minimum absolute atomic E-state index is 0.284. The highest BCUT2D eigenvalue weighted by Crippen LogP contribution is 2.47. The van der Waals surface area contributed by atoms with Crippen LogP contribution in [-0.4, -0.2) is 17.5 Å². The first-order chi connectivity index (χ1) is 7.45. The fourth-order valence-corrected chi connectivity index (χ4v) is 2.87. The van der Waals surface area contributed by atoms with Gasteiger partial charge >= 0.3 is 0 Å².